The van der Waals surface area contributed by atoms with Crippen molar-refractivity contribution in [3.8, 4) is 0 Å². The number of carbonyl (C=O) groups is 1. The number of amides is 1. The Kier molecular flexibility index (Phi) is 3.07. The van der Waals surface area contributed by atoms with Crippen molar-refractivity contribution in [3.05, 3.63) is 23.8 Å². The molecule has 1 atom stereocenters. The van der Waals surface area contributed by atoms with Gasteiger partial charge in [-0.1, -0.05) is 13.0 Å². The zero-order chi connectivity index (χ0) is 12.6. The van der Waals surface area contributed by atoms with Gasteiger partial charge in [0.1, 0.15) is 0 Å². The molecule has 1 aromatic rings. The normalized spacial score (nSPS) is 20.5. The van der Waals surface area contributed by atoms with Gasteiger partial charge >= 0.3 is 6.18 Å². The average molecular weight is 261 g/mol. The molecule has 1 aliphatic heterocycles. The van der Waals surface area contributed by atoms with Crippen molar-refractivity contribution in [2.24, 2.45) is 5.92 Å². The van der Waals surface area contributed by atoms with Crippen LogP contribution in [0, 0.1) is 5.92 Å². The smallest absolute Gasteiger partial charge is 0.325 e. The van der Waals surface area contributed by atoms with Crippen molar-refractivity contribution in [3.63, 3.8) is 0 Å². The summed E-state index contributed by atoms with van der Waals surface area (Å²) < 4.78 is 38.3. The quantitative estimate of drug-likeness (QED) is 0.775. The van der Waals surface area contributed by atoms with Crippen LogP contribution < -0.4 is 5.32 Å². The predicted octanol–water partition coefficient (Wildman–Crippen LogP) is 3.39. The van der Waals surface area contributed by atoms with Gasteiger partial charge in [0.05, 0.1) is 11.3 Å². The van der Waals surface area contributed by atoms with Crippen molar-refractivity contribution in [2.75, 3.05) is 11.1 Å². The van der Waals surface area contributed by atoms with Crippen LogP contribution in [0.4, 0.5) is 18.9 Å². The van der Waals surface area contributed by atoms with E-state index in [0.717, 1.165) is 17.8 Å². The van der Waals surface area contributed by atoms with Crippen molar-refractivity contribution in [1.82, 2.24) is 0 Å². The minimum atomic E-state index is -4.39. The summed E-state index contributed by atoms with van der Waals surface area (Å²) >= 11 is 1.07. The van der Waals surface area contributed by atoms with Gasteiger partial charge in [-0.05, 0) is 12.1 Å². The molecule has 1 N–H and O–H groups in total. The third-order valence-electron chi connectivity index (χ3n) is 2.50. The van der Waals surface area contributed by atoms with Gasteiger partial charge in [0.2, 0.25) is 5.91 Å². The van der Waals surface area contributed by atoms with Gasteiger partial charge in [0, 0.05) is 16.6 Å². The van der Waals surface area contributed by atoms with E-state index >= 15 is 0 Å². The van der Waals surface area contributed by atoms with Gasteiger partial charge in [0.15, 0.2) is 0 Å². The number of thioether (sulfide) groups is 1. The molecule has 0 aromatic heterocycles. The fourth-order valence-corrected chi connectivity index (χ4v) is 2.74. The van der Waals surface area contributed by atoms with E-state index in [4.69, 9.17) is 0 Å². The molecule has 1 aromatic carbocycles. The third kappa shape index (κ3) is 2.41. The zero-order valence-corrected chi connectivity index (χ0v) is 9.78. The van der Waals surface area contributed by atoms with E-state index in [-0.39, 0.29) is 22.4 Å². The Morgan fingerprint density at radius 3 is 2.76 bits per heavy atom. The van der Waals surface area contributed by atoms with E-state index < -0.39 is 11.7 Å². The summed E-state index contributed by atoms with van der Waals surface area (Å²) in [5.41, 5.74) is -0.437. The highest BCUT2D eigenvalue weighted by atomic mass is 32.2. The average Bonchev–Trinajstić information content (AvgIpc) is 2.37. The van der Waals surface area contributed by atoms with E-state index in [1.165, 1.54) is 12.1 Å². The number of halogens is 3. The van der Waals surface area contributed by atoms with E-state index in [0.29, 0.717) is 5.75 Å². The predicted molar refractivity (Wildman–Crippen MR) is 60.0 cm³/mol. The topological polar surface area (TPSA) is 29.1 Å². The zero-order valence-electron chi connectivity index (χ0n) is 8.97. The van der Waals surface area contributed by atoms with Crippen molar-refractivity contribution >= 4 is 23.4 Å². The second-order valence-corrected chi connectivity index (χ2v) is 4.91. The largest absolute Gasteiger partial charge is 0.417 e. The SMILES string of the molecule is CC1CSc2c(cccc2C(F)(F)F)NC1=O. The number of anilines is 1. The van der Waals surface area contributed by atoms with Crippen molar-refractivity contribution < 1.29 is 18.0 Å². The fourth-order valence-electron chi connectivity index (χ4n) is 1.55. The minimum Gasteiger partial charge on any atom is -0.325 e. The highest BCUT2D eigenvalue weighted by molar-refractivity contribution is 7.99. The van der Waals surface area contributed by atoms with Crippen LogP contribution in [0.1, 0.15) is 12.5 Å². The van der Waals surface area contributed by atoms with Crippen LogP contribution in [0.3, 0.4) is 0 Å². The van der Waals surface area contributed by atoms with Crippen molar-refractivity contribution in [2.45, 2.75) is 18.0 Å². The Balaban J connectivity index is 2.49. The number of rotatable bonds is 0. The maximum Gasteiger partial charge on any atom is 0.417 e. The summed E-state index contributed by atoms with van der Waals surface area (Å²) in [4.78, 5) is 11.6. The lowest BCUT2D eigenvalue weighted by Gasteiger charge is -2.13. The molecule has 0 spiro atoms. The molecule has 17 heavy (non-hydrogen) atoms. The summed E-state index contributed by atoms with van der Waals surface area (Å²) in [7, 11) is 0. The summed E-state index contributed by atoms with van der Waals surface area (Å²) in [6.07, 6.45) is -4.39. The maximum absolute atomic E-state index is 12.8. The van der Waals surface area contributed by atoms with Gasteiger partial charge in [-0.3, -0.25) is 4.79 Å². The molecule has 1 heterocycles. The first-order chi connectivity index (χ1) is 7.89. The highest BCUT2D eigenvalue weighted by Crippen LogP contribution is 2.42. The molecule has 2 nitrogen and oxygen atoms in total. The maximum atomic E-state index is 12.8. The second-order valence-electron chi connectivity index (χ2n) is 3.88. The Labute approximate surface area is 101 Å². The van der Waals surface area contributed by atoms with E-state index in [2.05, 4.69) is 5.32 Å². The second kappa shape index (κ2) is 4.25. The van der Waals surface area contributed by atoms with Gasteiger partial charge in [0.25, 0.3) is 0 Å². The lowest BCUT2D eigenvalue weighted by atomic mass is 10.1. The van der Waals surface area contributed by atoms with E-state index in [1.807, 2.05) is 0 Å². The lowest BCUT2D eigenvalue weighted by molar-refractivity contribution is -0.139. The molecule has 0 radical (unpaired) electrons. The number of nitrogens with one attached hydrogen (secondary N) is 1. The molecule has 1 amide bonds. The number of hydrogen-bond acceptors (Lipinski definition) is 2. The number of carbonyl (C=O) groups excluding carboxylic acids is 1. The molecular weight excluding hydrogens is 251 g/mol. The van der Waals surface area contributed by atoms with Crippen molar-refractivity contribution in [1.29, 1.82) is 0 Å². The summed E-state index contributed by atoms with van der Waals surface area (Å²) in [5, 5.41) is 2.52. The van der Waals surface area contributed by atoms with E-state index in [1.54, 1.807) is 6.92 Å². The van der Waals surface area contributed by atoms with E-state index in [9.17, 15) is 18.0 Å². The van der Waals surface area contributed by atoms with Gasteiger partial charge in [-0.2, -0.15) is 13.2 Å². The monoisotopic (exact) mass is 261 g/mol. The Morgan fingerprint density at radius 2 is 2.12 bits per heavy atom. The Morgan fingerprint density at radius 1 is 1.41 bits per heavy atom. The van der Waals surface area contributed by atoms with Gasteiger partial charge in [-0.15, -0.1) is 11.8 Å². The molecule has 1 unspecified atom stereocenters. The summed E-state index contributed by atoms with van der Waals surface area (Å²) in [6.45, 7) is 1.70. The Hall–Kier alpha value is -1.17. The van der Waals surface area contributed by atoms with Crippen LogP contribution in [0.2, 0.25) is 0 Å². The molecule has 0 aliphatic carbocycles. The number of benzene rings is 1. The van der Waals surface area contributed by atoms with Crippen LogP contribution in [0.25, 0.3) is 0 Å². The molecule has 0 bridgehead atoms. The van der Waals surface area contributed by atoms with Crippen LogP contribution >= 0.6 is 11.8 Å². The molecule has 0 saturated carbocycles. The third-order valence-corrected chi connectivity index (χ3v) is 3.90. The lowest BCUT2D eigenvalue weighted by Crippen LogP contribution is -2.20. The van der Waals surface area contributed by atoms with Crippen LogP contribution in [0.15, 0.2) is 23.1 Å². The minimum absolute atomic E-state index is 0.109. The first-order valence-electron chi connectivity index (χ1n) is 5.03. The number of alkyl halides is 3. The molecule has 2 rings (SSSR count). The Bertz CT molecular complexity index is 459. The van der Waals surface area contributed by atoms with Crippen LogP contribution in [-0.2, 0) is 11.0 Å². The molecule has 92 valence electrons. The van der Waals surface area contributed by atoms with Gasteiger partial charge < -0.3 is 5.32 Å². The summed E-state index contributed by atoms with van der Waals surface area (Å²) in [5.74, 6) is -0.185. The first-order valence-corrected chi connectivity index (χ1v) is 6.02. The molecule has 0 saturated heterocycles. The molecule has 0 fully saturated rings. The van der Waals surface area contributed by atoms with Crippen LogP contribution in [0.5, 0.6) is 0 Å². The molecular formula is C11H10F3NOS. The molecule has 1 aliphatic rings. The summed E-state index contributed by atoms with van der Waals surface area (Å²) in [6, 6.07) is 3.83. The number of hydrogen-bond donors (Lipinski definition) is 1. The first kappa shape index (κ1) is 12.3. The molecule has 6 heteroatoms. The number of fused-ring (bicyclic) bond motifs is 1. The van der Waals surface area contributed by atoms with Gasteiger partial charge in [-0.25, -0.2) is 0 Å². The fraction of sp³-hybridized carbons (Fsp3) is 0.364. The highest BCUT2D eigenvalue weighted by Gasteiger charge is 2.35. The standard InChI is InChI=1S/C11H10F3NOS/c1-6-5-17-9-7(11(12,13)14)3-2-4-8(9)15-10(6)16/h2-4,6H,5H2,1H3,(H,15,16). The van der Waals surface area contributed by atoms with Crippen LogP contribution in [-0.4, -0.2) is 11.7 Å².